The van der Waals surface area contributed by atoms with Crippen LogP contribution in [0.3, 0.4) is 0 Å². The summed E-state index contributed by atoms with van der Waals surface area (Å²) < 4.78 is 4.98. The van der Waals surface area contributed by atoms with Gasteiger partial charge < -0.3 is 15.4 Å². The van der Waals surface area contributed by atoms with E-state index in [1.54, 1.807) is 13.8 Å². The van der Waals surface area contributed by atoms with Crippen molar-refractivity contribution in [2.75, 3.05) is 13.2 Å². The Morgan fingerprint density at radius 2 is 1.89 bits per heavy atom. The Bertz CT molecular complexity index is 602. The minimum Gasteiger partial charge on any atom is -0.454 e. The average Bonchev–Trinajstić information content (AvgIpc) is 2.88. The molecule has 1 saturated carbocycles. The second kappa shape index (κ2) is 8.71. The van der Waals surface area contributed by atoms with Crippen LogP contribution in [-0.2, 0) is 19.1 Å². The maximum absolute atomic E-state index is 12.5. The van der Waals surface area contributed by atoms with Crippen molar-refractivity contribution in [2.45, 2.75) is 71.4 Å². The number of esters is 1. The number of carbonyl (C=O) groups excluding carboxylic acids is 4. The second-order valence-electron chi connectivity index (χ2n) is 7.71. The van der Waals surface area contributed by atoms with Gasteiger partial charge in [-0.25, -0.2) is 4.79 Å². The van der Waals surface area contributed by atoms with Crippen LogP contribution >= 0.6 is 0 Å². The highest BCUT2D eigenvalue weighted by atomic mass is 16.5. The summed E-state index contributed by atoms with van der Waals surface area (Å²) >= 11 is 0. The molecule has 0 radical (unpaired) electrons. The van der Waals surface area contributed by atoms with Gasteiger partial charge >= 0.3 is 12.0 Å². The molecule has 0 unspecified atom stereocenters. The number of rotatable bonds is 7. The minimum absolute atomic E-state index is 0.0839. The molecular formula is C19H31N3O5. The molecule has 0 aromatic rings. The molecule has 2 fully saturated rings. The average molecular weight is 381 g/mol. The smallest absolute Gasteiger partial charge is 0.326 e. The molecule has 2 N–H and O–H groups in total. The molecule has 8 nitrogen and oxygen atoms in total. The van der Waals surface area contributed by atoms with Gasteiger partial charge in [0.1, 0.15) is 12.1 Å². The summed E-state index contributed by atoms with van der Waals surface area (Å²) in [6, 6.07) is -0.518. The zero-order valence-electron chi connectivity index (χ0n) is 16.7. The quantitative estimate of drug-likeness (QED) is 0.515. The fourth-order valence-electron chi connectivity index (χ4n) is 3.90. The van der Waals surface area contributed by atoms with Gasteiger partial charge in [0.15, 0.2) is 6.61 Å². The van der Waals surface area contributed by atoms with Gasteiger partial charge in [0.25, 0.3) is 11.8 Å². The molecule has 0 aromatic heterocycles. The minimum atomic E-state index is -0.956. The van der Waals surface area contributed by atoms with Gasteiger partial charge in [-0.05, 0) is 31.1 Å². The molecule has 1 aliphatic heterocycles. The number of nitrogens with zero attached hydrogens (tertiary/aromatic N) is 1. The third-order valence-electron chi connectivity index (χ3n) is 6.16. The van der Waals surface area contributed by atoms with Crippen LogP contribution < -0.4 is 10.6 Å². The van der Waals surface area contributed by atoms with E-state index >= 15 is 0 Å². The second-order valence-corrected chi connectivity index (χ2v) is 7.71. The lowest BCUT2D eigenvalue weighted by molar-refractivity contribution is -0.151. The SMILES string of the molecule is CCC1(CC)NC(=O)N(CC(=O)OCC(=O)N[C@@H]2CCC[C@H](C)[C@@H]2C)C1=O. The largest absolute Gasteiger partial charge is 0.454 e. The van der Waals surface area contributed by atoms with Gasteiger partial charge in [-0.15, -0.1) is 0 Å². The number of nitrogens with one attached hydrogen (secondary N) is 2. The highest BCUT2D eigenvalue weighted by Crippen LogP contribution is 2.29. The van der Waals surface area contributed by atoms with E-state index in [-0.39, 0.29) is 11.9 Å². The first kappa shape index (κ1) is 21.2. The van der Waals surface area contributed by atoms with Crippen LogP contribution in [0.5, 0.6) is 0 Å². The normalized spacial score (nSPS) is 27.3. The summed E-state index contributed by atoms with van der Waals surface area (Å²) in [6.45, 7) is 7.01. The van der Waals surface area contributed by atoms with Crippen LogP contribution in [-0.4, -0.2) is 53.4 Å². The zero-order chi connectivity index (χ0) is 20.2. The maximum atomic E-state index is 12.5. The number of urea groups is 1. The van der Waals surface area contributed by atoms with E-state index in [1.165, 1.54) is 0 Å². The molecule has 3 atom stereocenters. The lowest BCUT2D eigenvalue weighted by Crippen LogP contribution is -2.46. The summed E-state index contributed by atoms with van der Waals surface area (Å²) in [4.78, 5) is 49.4. The number of carbonyl (C=O) groups is 4. The van der Waals surface area contributed by atoms with Crippen molar-refractivity contribution in [3.63, 3.8) is 0 Å². The van der Waals surface area contributed by atoms with Crippen LogP contribution in [0.1, 0.15) is 59.8 Å². The Hall–Kier alpha value is -2.12. The van der Waals surface area contributed by atoms with Gasteiger partial charge in [-0.1, -0.05) is 40.5 Å². The van der Waals surface area contributed by atoms with Crippen LogP contribution in [0.15, 0.2) is 0 Å². The van der Waals surface area contributed by atoms with Crippen LogP contribution in [0.2, 0.25) is 0 Å². The number of imide groups is 1. The van der Waals surface area contributed by atoms with Crippen LogP contribution in [0.25, 0.3) is 0 Å². The molecular weight excluding hydrogens is 350 g/mol. The summed E-state index contributed by atoms with van der Waals surface area (Å²) in [5.41, 5.74) is -0.956. The highest BCUT2D eigenvalue weighted by Gasteiger charge is 2.49. The zero-order valence-corrected chi connectivity index (χ0v) is 16.7. The molecule has 27 heavy (non-hydrogen) atoms. The van der Waals surface area contributed by atoms with Crippen molar-refractivity contribution >= 4 is 23.8 Å². The summed E-state index contributed by atoms with van der Waals surface area (Å²) in [5.74, 6) is -0.641. The van der Waals surface area contributed by atoms with Gasteiger partial charge in [0, 0.05) is 6.04 Å². The first-order chi connectivity index (χ1) is 12.7. The predicted octanol–water partition coefficient (Wildman–Crippen LogP) is 1.58. The summed E-state index contributed by atoms with van der Waals surface area (Å²) in [6.07, 6.45) is 4.04. The fourth-order valence-corrected chi connectivity index (χ4v) is 3.90. The molecule has 152 valence electrons. The van der Waals surface area contributed by atoms with E-state index < -0.39 is 36.6 Å². The number of ether oxygens (including phenoxy) is 1. The third kappa shape index (κ3) is 4.59. The van der Waals surface area contributed by atoms with Crippen molar-refractivity contribution in [1.82, 2.24) is 15.5 Å². The number of amides is 4. The van der Waals surface area contributed by atoms with Gasteiger partial charge in [0.2, 0.25) is 0 Å². The summed E-state index contributed by atoms with van der Waals surface area (Å²) in [5, 5.41) is 5.57. The van der Waals surface area contributed by atoms with Crippen LogP contribution in [0, 0.1) is 11.8 Å². The van der Waals surface area contributed by atoms with E-state index in [9.17, 15) is 19.2 Å². The van der Waals surface area contributed by atoms with E-state index in [0.29, 0.717) is 24.7 Å². The molecule has 0 bridgehead atoms. The van der Waals surface area contributed by atoms with Crippen molar-refractivity contribution in [1.29, 1.82) is 0 Å². The number of hydrogen-bond acceptors (Lipinski definition) is 5. The molecule has 1 heterocycles. The van der Waals surface area contributed by atoms with Crippen molar-refractivity contribution < 1.29 is 23.9 Å². The standard InChI is InChI=1S/C19H31N3O5/c1-5-19(6-2)17(25)22(18(26)21-19)10-16(24)27-11-15(23)20-14-9-7-8-12(3)13(14)4/h12-14H,5-11H2,1-4H3,(H,20,23)(H,21,26)/t12-,13-,14+/m0/s1. The lowest BCUT2D eigenvalue weighted by Gasteiger charge is -2.34. The van der Waals surface area contributed by atoms with E-state index in [2.05, 4.69) is 24.5 Å². The highest BCUT2D eigenvalue weighted by molar-refractivity contribution is 6.08. The van der Waals surface area contributed by atoms with E-state index in [1.807, 2.05) is 0 Å². The first-order valence-corrected chi connectivity index (χ1v) is 9.83. The Balaban J connectivity index is 1.81. The number of hydrogen-bond donors (Lipinski definition) is 2. The van der Waals surface area contributed by atoms with E-state index in [4.69, 9.17) is 4.74 Å². The lowest BCUT2D eigenvalue weighted by atomic mass is 9.78. The molecule has 1 aliphatic carbocycles. The van der Waals surface area contributed by atoms with E-state index in [0.717, 1.165) is 24.2 Å². The summed E-state index contributed by atoms with van der Waals surface area (Å²) in [7, 11) is 0. The van der Waals surface area contributed by atoms with Crippen molar-refractivity contribution in [3.05, 3.63) is 0 Å². The predicted molar refractivity (Wildman–Crippen MR) is 98.6 cm³/mol. The Morgan fingerprint density at radius 3 is 2.48 bits per heavy atom. The fraction of sp³-hybridized carbons (Fsp3) is 0.789. The maximum Gasteiger partial charge on any atom is 0.326 e. The molecule has 4 amide bonds. The van der Waals surface area contributed by atoms with Crippen molar-refractivity contribution in [3.8, 4) is 0 Å². The molecule has 1 saturated heterocycles. The van der Waals surface area contributed by atoms with Gasteiger partial charge in [-0.2, -0.15) is 0 Å². The van der Waals surface area contributed by atoms with Crippen molar-refractivity contribution in [2.24, 2.45) is 11.8 Å². The molecule has 2 aliphatic rings. The Morgan fingerprint density at radius 1 is 1.22 bits per heavy atom. The molecule has 0 spiro atoms. The third-order valence-corrected chi connectivity index (χ3v) is 6.16. The monoisotopic (exact) mass is 381 g/mol. The topological polar surface area (TPSA) is 105 Å². The Kier molecular flexibility index (Phi) is 6.84. The van der Waals surface area contributed by atoms with Crippen LogP contribution in [0.4, 0.5) is 4.79 Å². The van der Waals surface area contributed by atoms with Gasteiger partial charge in [-0.3, -0.25) is 19.3 Å². The molecule has 0 aromatic carbocycles. The molecule has 2 rings (SSSR count). The first-order valence-electron chi connectivity index (χ1n) is 9.83. The Labute approximate surface area is 160 Å². The molecule has 8 heteroatoms. The van der Waals surface area contributed by atoms with Gasteiger partial charge in [0.05, 0.1) is 0 Å².